The molecule has 0 unspecified atom stereocenters. The van der Waals surface area contributed by atoms with Crippen LogP contribution in [0.3, 0.4) is 0 Å². The van der Waals surface area contributed by atoms with Gasteiger partial charge >= 0.3 is 0 Å². The molecule has 5 nitrogen and oxygen atoms in total. The molecule has 0 spiro atoms. The quantitative estimate of drug-likeness (QED) is 0.862. The molecule has 7 heteroatoms. The molecule has 1 aromatic carbocycles. The van der Waals surface area contributed by atoms with Gasteiger partial charge < -0.3 is 10.1 Å². The lowest BCUT2D eigenvalue weighted by Gasteiger charge is -2.34. The summed E-state index contributed by atoms with van der Waals surface area (Å²) in [6, 6.07) is 4.38. The molecule has 0 atom stereocenters. The van der Waals surface area contributed by atoms with Crippen LogP contribution in [0.5, 0.6) is 0 Å². The molecular weight excluding hydrogens is 314 g/mol. The summed E-state index contributed by atoms with van der Waals surface area (Å²) < 4.78 is 28.1. The zero-order valence-corrected chi connectivity index (χ0v) is 13.6. The van der Waals surface area contributed by atoms with Crippen molar-refractivity contribution in [1.82, 2.24) is 5.32 Å². The molecule has 0 bridgehead atoms. The van der Waals surface area contributed by atoms with Gasteiger partial charge in [0, 0.05) is 35.0 Å². The Kier molecular flexibility index (Phi) is 4.60. The summed E-state index contributed by atoms with van der Waals surface area (Å²) in [5.74, 6) is -0.301. The van der Waals surface area contributed by atoms with E-state index in [1.54, 1.807) is 13.0 Å². The molecule has 1 fully saturated rings. The molecule has 0 aliphatic carbocycles. The van der Waals surface area contributed by atoms with E-state index in [-0.39, 0.29) is 16.3 Å². The van der Waals surface area contributed by atoms with Gasteiger partial charge in [-0.1, -0.05) is 0 Å². The number of amides is 1. The molecule has 1 amide bonds. The Balaban J connectivity index is 2.25. The first-order valence-electron chi connectivity index (χ1n) is 6.66. The first kappa shape index (κ1) is 16.3. The number of carbonyl (C=O) groups is 1. The minimum Gasteiger partial charge on any atom is -0.381 e. The Hall–Kier alpha value is -1.11. The number of halogens is 1. The molecule has 2 rings (SSSR count). The van der Waals surface area contributed by atoms with E-state index in [4.69, 9.17) is 15.4 Å². The van der Waals surface area contributed by atoms with E-state index in [2.05, 4.69) is 5.32 Å². The second kappa shape index (κ2) is 5.94. The van der Waals surface area contributed by atoms with Gasteiger partial charge in [-0.3, -0.25) is 4.79 Å². The highest BCUT2D eigenvalue weighted by atomic mass is 35.7. The van der Waals surface area contributed by atoms with Gasteiger partial charge in [0.2, 0.25) is 0 Å². The van der Waals surface area contributed by atoms with E-state index in [9.17, 15) is 13.2 Å². The molecule has 1 saturated heterocycles. The first-order valence-corrected chi connectivity index (χ1v) is 8.97. The van der Waals surface area contributed by atoms with Crippen LogP contribution in [0.2, 0.25) is 0 Å². The molecule has 0 radical (unpaired) electrons. The van der Waals surface area contributed by atoms with Crippen molar-refractivity contribution in [2.45, 2.75) is 37.1 Å². The summed E-state index contributed by atoms with van der Waals surface area (Å²) in [6.07, 6.45) is 1.45. The highest BCUT2D eigenvalue weighted by molar-refractivity contribution is 8.13. The van der Waals surface area contributed by atoms with E-state index < -0.39 is 9.05 Å². The molecule has 0 saturated carbocycles. The number of hydrogen-bond acceptors (Lipinski definition) is 4. The monoisotopic (exact) mass is 331 g/mol. The van der Waals surface area contributed by atoms with Gasteiger partial charge in [0.25, 0.3) is 15.0 Å². The van der Waals surface area contributed by atoms with Crippen molar-refractivity contribution in [2.24, 2.45) is 0 Å². The Morgan fingerprint density at radius 1 is 1.29 bits per heavy atom. The van der Waals surface area contributed by atoms with Crippen LogP contribution >= 0.6 is 10.7 Å². The van der Waals surface area contributed by atoms with Crippen molar-refractivity contribution in [3.05, 3.63) is 29.3 Å². The van der Waals surface area contributed by atoms with Crippen molar-refractivity contribution in [3.63, 3.8) is 0 Å². The lowest BCUT2D eigenvalue weighted by molar-refractivity contribution is 0.0423. The average molecular weight is 332 g/mol. The molecule has 116 valence electrons. The first-order chi connectivity index (χ1) is 9.70. The maximum atomic E-state index is 12.4. The second-order valence-corrected chi connectivity index (χ2v) is 8.17. The summed E-state index contributed by atoms with van der Waals surface area (Å²) in [5, 5.41) is 2.96. The summed E-state index contributed by atoms with van der Waals surface area (Å²) >= 11 is 0. The third-order valence-corrected chi connectivity index (χ3v) is 4.94. The number of ether oxygens (including phenoxy) is 1. The average Bonchev–Trinajstić information content (AvgIpc) is 2.37. The number of benzene rings is 1. The van der Waals surface area contributed by atoms with Gasteiger partial charge in [-0.05, 0) is 50.5 Å². The molecule has 1 aromatic rings. The summed E-state index contributed by atoms with van der Waals surface area (Å²) in [6.45, 7) is 4.89. The van der Waals surface area contributed by atoms with Crippen LogP contribution in [0.4, 0.5) is 0 Å². The van der Waals surface area contributed by atoms with Crippen LogP contribution in [0, 0.1) is 6.92 Å². The number of aryl methyl sites for hydroxylation is 1. The minimum atomic E-state index is -3.86. The van der Waals surface area contributed by atoms with E-state index >= 15 is 0 Å². The van der Waals surface area contributed by atoms with E-state index in [0.717, 1.165) is 12.8 Å². The van der Waals surface area contributed by atoms with Crippen LogP contribution in [0.25, 0.3) is 0 Å². The number of carbonyl (C=O) groups excluding carboxylic acids is 1. The Morgan fingerprint density at radius 3 is 2.48 bits per heavy atom. The van der Waals surface area contributed by atoms with Crippen LogP contribution in [-0.4, -0.2) is 33.1 Å². The van der Waals surface area contributed by atoms with Gasteiger partial charge in [0.05, 0.1) is 4.90 Å². The smallest absolute Gasteiger partial charge is 0.261 e. The third-order valence-electron chi connectivity index (χ3n) is 3.61. The van der Waals surface area contributed by atoms with Crippen LogP contribution in [-0.2, 0) is 13.8 Å². The SMILES string of the molecule is Cc1cc(C(=O)NC2(C)CCOCC2)cc(S(=O)(=O)Cl)c1. The highest BCUT2D eigenvalue weighted by Crippen LogP contribution is 2.22. The number of rotatable bonds is 3. The predicted molar refractivity (Wildman–Crippen MR) is 80.1 cm³/mol. The van der Waals surface area contributed by atoms with Crippen molar-refractivity contribution in [2.75, 3.05) is 13.2 Å². The van der Waals surface area contributed by atoms with Gasteiger partial charge in [-0.2, -0.15) is 0 Å². The molecular formula is C14H18ClNO4S. The fraction of sp³-hybridized carbons (Fsp3) is 0.500. The lowest BCUT2D eigenvalue weighted by atomic mass is 9.92. The number of nitrogens with one attached hydrogen (secondary N) is 1. The lowest BCUT2D eigenvalue weighted by Crippen LogP contribution is -2.49. The summed E-state index contributed by atoms with van der Waals surface area (Å²) in [4.78, 5) is 12.3. The molecule has 1 aliphatic heterocycles. The van der Waals surface area contributed by atoms with Gasteiger partial charge in [0.15, 0.2) is 0 Å². The molecule has 21 heavy (non-hydrogen) atoms. The summed E-state index contributed by atoms with van der Waals surface area (Å²) in [7, 11) is 1.49. The fourth-order valence-corrected chi connectivity index (χ4v) is 3.17. The predicted octanol–water partition coefficient (Wildman–Crippen LogP) is 2.22. The van der Waals surface area contributed by atoms with E-state index in [1.807, 2.05) is 6.92 Å². The number of hydrogen-bond donors (Lipinski definition) is 1. The zero-order chi connectivity index (χ0) is 15.7. The van der Waals surface area contributed by atoms with Crippen LogP contribution in [0.15, 0.2) is 23.1 Å². The second-order valence-electron chi connectivity index (χ2n) is 5.60. The minimum absolute atomic E-state index is 0.0635. The van der Waals surface area contributed by atoms with Gasteiger partial charge in [-0.15, -0.1) is 0 Å². The molecule has 1 N–H and O–H groups in total. The molecule has 0 aromatic heterocycles. The normalized spacial score (nSPS) is 18.2. The molecule has 1 heterocycles. The van der Waals surface area contributed by atoms with Crippen LogP contribution < -0.4 is 5.32 Å². The topological polar surface area (TPSA) is 72.5 Å². The molecule has 1 aliphatic rings. The fourth-order valence-electron chi connectivity index (χ4n) is 2.31. The standard InChI is InChI=1S/C14H18ClNO4S/c1-10-7-11(9-12(8-10)21(15,18)19)13(17)16-14(2)3-5-20-6-4-14/h7-9H,3-6H2,1-2H3,(H,16,17). The maximum Gasteiger partial charge on any atom is 0.261 e. The zero-order valence-electron chi connectivity index (χ0n) is 12.0. The highest BCUT2D eigenvalue weighted by Gasteiger charge is 2.29. The van der Waals surface area contributed by atoms with Gasteiger partial charge in [0.1, 0.15) is 0 Å². The van der Waals surface area contributed by atoms with Crippen molar-refractivity contribution < 1.29 is 17.9 Å². The van der Waals surface area contributed by atoms with Crippen molar-refractivity contribution >= 4 is 25.6 Å². The Morgan fingerprint density at radius 2 is 1.90 bits per heavy atom. The van der Waals surface area contributed by atoms with Gasteiger partial charge in [-0.25, -0.2) is 8.42 Å². The largest absolute Gasteiger partial charge is 0.381 e. The van der Waals surface area contributed by atoms with Crippen molar-refractivity contribution in [3.8, 4) is 0 Å². The van der Waals surface area contributed by atoms with Crippen molar-refractivity contribution in [1.29, 1.82) is 0 Å². The van der Waals surface area contributed by atoms with E-state index in [0.29, 0.717) is 24.3 Å². The maximum absolute atomic E-state index is 12.4. The summed E-state index contributed by atoms with van der Waals surface area (Å²) in [5.41, 5.74) is 0.625. The Labute approximate surface area is 129 Å². The van der Waals surface area contributed by atoms with Crippen LogP contribution in [0.1, 0.15) is 35.7 Å². The van der Waals surface area contributed by atoms with E-state index in [1.165, 1.54) is 12.1 Å². The third kappa shape index (κ3) is 4.18. The Bertz CT molecular complexity index is 651.